The normalized spacial score (nSPS) is 11.7. The van der Waals surface area contributed by atoms with Gasteiger partial charge in [-0.2, -0.15) is 0 Å². The van der Waals surface area contributed by atoms with E-state index in [1.807, 2.05) is 66.7 Å². The molecule has 0 amide bonds. The SMILES string of the molecule is CCCc1cc(Oc2ccccc2)ccc1OCCCSc1ccc(C(C)C(=O)O)cc1. The molecule has 0 aliphatic rings. The van der Waals surface area contributed by atoms with Crippen molar-refractivity contribution in [1.29, 1.82) is 0 Å². The Balaban J connectivity index is 1.48. The van der Waals surface area contributed by atoms with E-state index in [1.165, 1.54) is 0 Å². The second kappa shape index (κ2) is 12.2. The van der Waals surface area contributed by atoms with Crippen molar-refractivity contribution in [1.82, 2.24) is 0 Å². The van der Waals surface area contributed by atoms with Gasteiger partial charge in [-0.3, -0.25) is 4.79 Å². The van der Waals surface area contributed by atoms with E-state index in [-0.39, 0.29) is 0 Å². The van der Waals surface area contributed by atoms with Crippen molar-refractivity contribution < 1.29 is 19.4 Å². The quantitative estimate of drug-likeness (QED) is 0.234. The van der Waals surface area contributed by atoms with E-state index < -0.39 is 11.9 Å². The largest absolute Gasteiger partial charge is 0.493 e. The molecule has 0 saturated carbocycles. The van der Waals surface area contributed by atoms with E-state index in [0.29, 0.717) is 6.61 Å². The van der Waals surface area contributed by atoms with Gasteiger partial charge in [0.2, 0.25) is 0 Å². The Hall–Kier alpha value is -2.92. The van der Waals surface area contributed by atoms with E-state index in [9.17, 15) is 4.79 Å². The number of rotatable bonds is 12. The lowest BCUT2D eigenvalue weighted by atomic mass is 10.0. The summed E-state index contributed by atoms with van der Waals surface area (Å²) < 4.78 is 12.0. The van der Waals surface area contributed by atoms with Crippen molar-refractivity contribution in [3.05, 3.63) is 83.9 Å². The van der Waals surface area contributed by atoms with E-state index in [0.717, 1.165) is 58.3 Å². The highest BCUT2D eigenvalue weighted by Crippen LogP contribution is 2.29. The van der Waals surface area contributed by atoms with Gasteiger partial charge in [0, 0.05) is 10.6 Å². The summed E-state index contributed by atoms with van der Waals surface area (Å²) in [4.78, 5) is 12.2. The molecule has 0 saturated heterocycles. The molecule has 5 heteroatoms. The summed E-state index contributed by atoms with van der Waals surface area (Å²) in [5, 5.41) is 9.11. The number of ether oxygens (including phenoxy) is 2. The van der Waals surface area contributed by atoms with Crippen molar-refractivity contribution in [3.8, 4) is 17.2 Å². The third-order valence-electron chi connectivity index (χ3n) is 5.10. The minimum Gasteiger partial charge on any atom is -0.493 e. The molecular formula is C27H30O4S. The Morgan fingerprint density at radius 3 is 2.44 bits per heavy atom. The van der Waals surface area contributed by atoms with Gasteiger partial charge < -0.3 is 14.6 Å². The standard InChI is InChI=1S/C27H30O4S/c1-3-8-22-19-24(31-23-9-5-4-6-10-23)13-16-26(22)30-17-7-18-32-25-14-11-21(12-15-25)20(2)27(28)29/h4-6,9-16,19-20H,3,7-8,17-18H2,1-2H3,(H,28,29). The molecule has 1 N–H and O–H groups in total. The van der Waals surface area contributed by atoms with Gasteiger partial charge in [-0.25, -0.2) is 0 Å². The number of thioether (sulfide) groups is 1. The minimum absolute atomic E-state index is 0.482. The van der Waals surface area contributed by atoms with Crippen LogP contribution in [0.5, 0.6) is 17.2 Å². The van der Waals surface area contributed by atoms with Crippen LogP contribution in [0.25, 0.3) is 0 Å². The van der Waals surface area contributed by atoms with Crippen LogP contribution >= 0.6 is 11.8 Å². The molecule has 1 atom stereocenters. The van der Waals surface area contributed by atoms with Crippen LogP contribution in [0.1, 0.15) is 43.7 Å². The van der Waals surface area contributed by atoms with Gasteiger partial charge in [0.1, 0.15) is 17.2 Å². The lowest BCUT2D eigenvalue weighted by Crippen LogP contribution is -2.06. The first-order valence-corrected chi connectivity index (χ1v) is 12.0. The average Bonchev–Trinajstić information content (AvgIpc) is 2.81. The Morgan fingerprint density at radius 1 is 1.00 bits per heavy atom. The average molecular weight is 451 g/mol. The van der Waals surface area contributed by atoms with Gasteiger partial charge in [-0.05, 0) is 73.4 Å². The van der Waals surface area contributed by atoms with Crippen molar-refractivity contribution in [2.45, 2.75) is 43.9 Å². The number of hydrogen-bond donors (Lipinski definition) is 1. The molecule has 1 unspecified atom stereocenters. The van der Waals surface area contributed by atoms with Crippen LogP contribution in [0.2, 0.25) is 0 Å². The highest BCUT2D eigenvalue weighted by atomic mass is 32.2. The second-order valence-electron chi connectivity index (χ2n) is 7.61. The summed E-state index contributed by atoms with van der Waals surface area (Å²) in [6.45, 7) is 4.51. The highest BCUT2D eigenvalue weighted by Gasteiger charge is 2.13. The van der Waals surface area contributed by atoms with Gasteiger partial charge in [0.05, 0.1) is 12.5 Å². The van der Waals surface area contributed by atoms with Gasteiger partial charge in [-0.15, -0.1) is 11.8 Å². The molecule has 0 radical (unpaired) electrons. The van der Waals surface area contributed by atoms with Crippen molar-refractivity contribution in [2.75, 3.05) is 12.4 Å². The molecule has 0 aromatic heterocycles. The molecule has 0 fully saturated rings. The maximum atomic E-state index is 11.1. The number of benzene rings is 3. The molecule has 0 aliphatic heterocycles. The molecule has 3 rings (SSSR count). The molecule has 0 spiro atoms. The summed E-state index contributed by atoms with van der Waals surface area (Å²) in [7, 11) is 0. The van der Waals surface area contributed by atoms with Gasteiger partial charge in [-0.1, -0.05) is 43.7 Å². The van der Waals surface area contributed by atoms with Crippen LogP contribution in [0.15, 0.2) is 77.7 Å². The zero-order valence-corrected chi connectivity index (χ0v) is 19.4. The summed E-state index contributed by atoms with van der Waals surface area (Å²) in [6.07, 6.45) is 2.90. The number of aryl methyl sites for hydroxylation is 1. The monoisotopic (exact) mass is 450 g/mol. The highest BCUT2D eigenvalue weighted by molar-refractivity contribution is 7.99. The predicted octanol–water partition coefficient (Wildman–Crippen LogP) is 7.18. The molecule has 0 heterocycles. The van der Waals surface area contributed by atoms with Crippen molar-refractivity contribution in [3.63, 3.8) is 0 Å². The Labute approximate surface area is 194 Å². The Morgan fingerprint density at radius 2 is 1.75 bits per heavy atom. The fraction of sp³-hybridized carbons (Fsp3) is 0.296. The smallest absolute Gasteiger partial charge is 0.310 e. The summed E-state index contributed by atoms with van der Waals surface area (Å²) in [6, 6.07) is 23.6. The molecular weight excluding hydrogens is 420 g/mol. The van der Waals surface area contributed by atoms with E-state index in [4.69, 9.17) is 14.6 Å². The molecule has 4 nitrogen and oxygen atoms in total. The topological polar surface area (TPSA) is 55.8 Å². The Bertz CT molecular complexity index is 986. The number of para-hydroxylation sites is 1. The maximum absolute atomic E-state index is 11.1. The fourth-order valence-corrected chi connectivity index (χ4v) is 4.10. The fourth-order valence-electron chi connectivity index (χ4n) is 3.28. The number of hydrogen-bond acceptors (Lipinski definition) is 4. The number of carboxylic acids is 1. The van der Waals surface area contributed by atoms with Crippen LogP contribution < -0.4 is 9.47 Å². The summed E-state index contributed by atoms with van der Waals surface area (Å²) >= 11 is 1.76. The lowest BCUT2D eigenvalue weighted by molar-refractivity contribution is -0.138. The molecule has 0 aliphatic carbocycles. The predicted molar refractivity (Wildman–Crippen MR) is 130 cm³/mol. The zero-order chi connectivity index (χ0) is 22.8. The maximum Gasteiger partial charge on any atom is 0.310 e. The van der Waals surface area contributed by atoms with E-state index in [1.54, 1.807) is 18.7 Å². The molecule has 3 aromatic carbocycles. The number of carbonyl (C=O) groups is 1. The van der Waals surface area contributed by atoms with Crippen LogP contribution in [0.4, 0.5) is 0 Å². The molecule has 0 bridgehead atoms. The third kappa shape index (κ3) is 7.06. The second-order valence-corrected chi connectivity index (χ2v) is 8.78. The molecule has 168 valence electrons. The van der Waals surface area contributed by atoms with Gasteiger partial charge in [0.15, 0.2) is 0 Å². The molecule has 3 aromatic rings. The molecule has 32 heavy (non-hydrogen) atoms. The summed E-state index contributed by atoms with van der Waals surface area (Å²) in [5.74, 6) is 2.22. The number of carboxylic acid groups (broad SMARTS) is 1. The van der Waals surface area contributed by atoms with Crippen molar-refractivity contribution in [2.24, 2.45) is 0 Å². The number of aliphatic carboxylic acids is 1. The van der Waals surface area contributed by atoms with Gasteiger partial charge in [0.25, 0.3) is 0 Å². The van der Waals surface area contributed by atoms with Gasteiger partial charge >= 0.3 is 5.97 Å². The summed E-state index contributed by atoms with van der Waals surface area (Å²) in [5.41, 5.74) is 1.99. The third-order valence-corrected chi connectivity index (χ3v) is 6.19. The zero-order valence-electron chi connectivity index (χ0n) is 18.6. The van der Waals surface area contributed by atoms with Crippen LogP contribution in [-0.2, 0) is 11.2 Å². The first-order valence-electron chi connectivity index (χ1n) is 11.0. The minimum atomic E-state index is -0.801. The van der Waals surface area contributed by atoms with Crippen molar-refractivity contribution >= 4 is 17.7 Å². The lowest BCUT2D eigenvalue weighted by Gasteiger charge is -2.13. The van der Waals surface area contributed by atoms with Crippen LogP contribution in [0, 0.1) is 0 Å². The Kier molecular flexibility index (Phi) is 9.05. The van der Waals surface area contributed by atoms with E-state index >= 15 is 0 Å². The first-order chi connectivity index (χ1) is 15.6. The van der Waals surface area contributed by atoms with E-state index in [2.05, 4.69) is 13.0 Å². The van der Waals surface area contributed by atoms with Crippen LogP contribution in [0.3, 0.4) is 0 Å². The van der Waals surface area contributed by atoms with Crippen LogP contribution in [-0.4, -0.2) is 23.4 Å². The first kappa shape index (κ1) is 23.7.